The number of hydrogen-bond acceptors (Lipinski definition) is 1. The number of aliphatic hydroxyl groups is 1. The predicted octanol–water partition coefficient (Wildman–Crippen LogP) is 3.41. The van der Waals surface area contributed by atoms with E-state index in [-0.39, 0.29) is 5.76 Å². The van der Waals surface area contributed by atoms with Gasteiger partial charge in [0.25, 0.3) is 0 Å². The van der Waals surface area contributed by atoms with Crippen molar-refractivity contribution in [3.05, 3.63) is 42.0 Å². The maximum absolute atomic E-state index is 9.10. The third-order valence-electron chi connectivity index (χ3n) is 1.93. The van der Waals surface area contributed by atoms with Crippen LogP contribution >= 0.6 is 0 Å². The van der Waals surface area contributed by atoms with Crippen LogP contribution in [0.25, 0.3) is 5.76 Å². The molecule has 0 radical (unpaired) electrons. The van der Waals surface area contributed by atoms with Crippen molar-refractivity contribution in [2.24, 2.45) is 5.92 Å². The molecule has 0 atom stereocenters. The second kappa shape index (κ2) is 4.13. The van der Waals surface area contributed by atoms with E-state index >= 15 is 0 Å². The van der Waals surface area contributed by atoms with Crippen molar-refractivity contribution in [1.82, 2.24) is 0 Å². The zero-order valence-electron chi connectivity index (χ0n) is 8.25. The molecule has 1 aromatic carbocycles. The predicted molar refractivity (Wildman–Crippen MR) is 56.6 cm³/mol. The molecule has 0 saturated heterocycles. The molecule has 0 saturated carbocycles. The molecule has 0 fully saturated rings. The molecular weight excluding hydrogens is 160 g/mol. The van der Waals surface area contributed by atoms with Crippen molar-refractivity contribution in [3.8, 4) is 0 Å². The first-order chi connectivity index (χ1) is 6.09. The quantitative estimate of drug-likeness (QED) is 0.700. The van der Waals surface area contributed by atoms with Gasteiger partial charge in [0.05, 0.1) is 0 Å². The fraction of sp³-hybridized carbons (Fsp3) is 0.333. The smallest absolute Gasteiger partial charge is 0.115 e. The van der Waals surface area contributed by atoms with E-state index in [2.05, 4.69) is 20.4 Å². The summed E-state index contributed by atoms with van der Waals surface area (Å²) in [6.07, 6.45) is 1.08. The summed E-state index contributed by atoms with van der Waals surface area (Å²) in [4.78, 5) is 0. The lowest BCUT2D eigenvalue weighted by Gasteiger charge is -2.05. The zero-order chi connectivity index (χ0) is 9.84. The van der Waals surface area contributed by atoms with E-state index in [0.29, 0.717) is 5.92 Å². The summed E-state index contributed by atoms with van der Waals surface area (Å²) in [6.45, 7) is 7.86. The van der Waals surface area contributed by atoms with Crippen LogP contribution < -0.4 is 0 Å². The molecule has 0 aliphatic rings. The Balaban J connectivity index is 2.75. The Kier molecular flexibility index (Phi) is 3.13. The molecule has 1 nitrogen and oxygen atoms in total. The molecule has 1 heteroatoms. The van der Waals surface area contributed by atoms with Crippen LogP contribution in [0.5, 0.6) is 0 Å². The van der Waals surface area contributed by atoms with Crippen molar-refractivity contribution in [3.63, 3.8) is 0 Å². The van der Waals surface area contributed by atoms with Crippen LogP contribution in [0.2, 0.25) is 0 Å². The molecule has 0 spiro atoms. The van der Waals surface area contributed by atoms with Crippen molar-refractivity contribution < 1.29 is 5.11 Å². The molecule has 1 N–H and O–H groups in total. The summed E-state index contributed by atoms with van der Waals surface area (Å²) in [5.74, 6) is 0.805. The van der Waals surface area contributed by atoms with Crippen molar-refractivity contribution in [2.45, 2.75) is 20.3 Å². The van der Waals surface area contributed by atoms with E-state index in [1.165, 1.54) is 5.56 Å². The summed E-state index contributed by atoms with van der Waals surface area (Å²) in [5, 5.41) is 9.10. The standard InChI is InChI=1S/C12H16O/c1-9(2)8-11-4-6-12(7-5-11)10(3)13/h4-7,9,13H,3,8H2,1-2H3. The summed E-state index contributed by atoms with van der Waals surface area (Å²) >= 11 is 0. The molecular formula is C12H16O. The van der Waals surface area contributed by atoms with Gasteiger partial charge in [-0.25, -0.2) is 0 Å². The topological polar surface area (TPSA) is 20.2 Å². The largest absolute Gasteiger partial charge is 0.508 e. The molecule has 1 aromatic rings. The molecule has 0 aromatic heterocycles. The van der Waals surface area contributed by atoms with Crippen LogP contribution in [0.3, 0.4) is 0 Å². The van der Waals surface area contributed by atoms with Crippen LogP contribution in [-0.2, 0) is 6.42 Å². The van der Waals surface area contributed by atoms with Gasteiger partial charge < -0.3 is 5.11 Å². The van der Waals surface area contributed by atoms with E-state index in [1.54, 1.807) is 0 Å². The highest BCUT2D eigenvalue weighted by Gasteiger charge is 1.98. The molecule has 0 amide bonds. The van der Waals surface area contributed by atoms with Gasteiger partial charge in [-0.1, -0.05) is 44.7 Å². The molecule has 0 bridgehead atoms. The number of rotatable bonds is 3. The first-order valence-electron chi connectivity index (χ1n) is 4.57. The third-order valence-corrected chi connectivity index (χ3v) is 1.93. The monoisotopic (exact) mass is 176 g/mol. The summed E-state index contributed by atoms with van der Waals surface area (Å²) in [7, 11) is 0. The van der Waals surface area contributed by atoms with E-state index in [0.717, 1.165) is 12.0 Å². The first kappa shape index (κ1) is 9.85. The zero-order valence-corrected chi connectivity index (χ0v) is 8.25. The van der Waals surface area contributed by atoms with Gasteiger partial charge in [0.2, 0.25) is 0 Å². The summed E-state index contributed by atoms with van der Waals surface area (Å²) in [5.41, 5.74) is 2.10. The van der Waals surface area contributed by atoms with Crippen LogP contribution in [0.1, 0.15) is 25.0 Å². The third kappa shape index (κ3) is 2.94. The number of hydrogen-bond donors (Lipinski definition) is 1. The Hall–Kier alpha value is -1.24. The normalized spacial score (nSPS) is 10.4. The van der Waals surface area contributed by atoms with Crippen molar-refractivity contribution in [1.29, 1.82) is 0 Å². The minimum atomic E-state index is 0.135. The van der Waals surface area contributed by atoms with E-state index in [9.17, 15) is 0 Å². The van der Waals surface area contributed by atoms with Gasteiger partial charge in [0.15, 0.2) is 0 Å². The highest BCUT2D eigenvalue weighted by molar-refractivity contribution is 5.55. The minimum Gasteiger partial charge on any atom is -0.508 e. The molecule has 0 aliphatic heterocycles. The van der Waals surface area contributed by atoms with Gasteiger partial charge in [-0.2, -0.15) is 0 Å². The Labute approximate surface area is 79.7 Å². The van der Waals surface area contributed by atoms with Gasteiger partial charge in [-0.3, -0.25) is 0 Å². The molecule has 0 heterocycles. The van der Waals surface area contributed by atoms with Gasteiger partial charge in [0, 0.05) is 5.56 Å². The van der Waals surface area contributed by atoms with Crippen LogP contribution in [0, 0.1) is 5.92 Å². The Morgan fingerprint density at radius 1 is 1.31 bits per heavy atom. The average molecular weight is 176 g/mol. The Bertz CT molecular complexity index is 282. The van der Waals surface area contributed by atoms with E-state index in [4.69, 9.17) is 5.11 Å². The number of aliphatic hydroxyl groups excluding tert-OH is 1. The van der Waals surface area contributed by atoms with Gasteiger partial charge in [-0.05, 0) is 17.9 Å². The van der Waals surface area contributed by atoms with Crippen LogP contribution in [-0.4, -0.2) is 5.11 Å². The van der Waals surface area contributed by atoms with Gasteiger partial charge in [0.1, 0.15) is 5.76 Å². The maximum Gasteiger partial charge on any atom is 0.115 e. The van der Waals surface area contributed by atoms with Gasteiger partial charge in [-0.15, -0.1) is 0 Å². The fourth-order valence-corrected chi connectivity index (χ4v) is 1.30. The first-order valence-corrected chi connectivity index (χ1v) is 4.57. The Morgan fingerprint density at radius 3 is 2.23 bits per heavy atom. The molecule has 1 rings (SSSR count). The van der Waals surface area contributed by atoms with Gasteiger partial charge >= 0.3 is 0 Å². The second-order valence-corrected chi connectivity index (χ2v) is 3.74. The molecule has 0 unspecified atom stereocenters. The van der Waals surface area contributed by atoms with E-state index in [1.807, 2.05) is 24.3 Å². The maximum atomic E-state index is 9.10. The Morgan fingerprint density at radius 2 is 1.85 bits per heavy atom. The van der Waals surface area contributed by atoms with Crippen LogP contribution in [0.15, 0.2) is 30.8 Å². The molecule has 13 heavy (non-hydrogen) atoms. The summed E-state index contributed by atoms with van der Waals surface area (Å²) in [6, 6.07) is 7.88. The highest BCUT2D eigenvalue weighted by Crippen LogP contribution is 2.13. The second-order valence-electron chi connectivity index (χ2n) is 3.74. The lowest BCUT2D eigenvalue weighted by Crippen LogP contribution is -1.93. The minimum absolute atomic E-state index is 0.135. The SMILES string of the molecule is C=C(O)c1ccc(CC(C)C)cc1. The lowest BCUT2D eigenvalue weighted by atomic mass is 10.0. The number of benzene rings is 1. The fourth-order valence-electron chi connectivity index (χ4n) is 1.30. The van der Waals surface area contributed by atoms with Crippen LogP contribution in [0.4, 0.5) is 0 Å². The van der Waals surface area contributed by atoms with Crippen molar-refractivity contribution in [2.75, 3.05) is 0 Å². The average Bonchev–Trinajstić information content (AvgIpc) is 2.04. The molecule has 0 aliphatic carbocycles. The van der Waals surface area contributed by atoms with Crippen molar-refractivity contribution >= 4 is 5.76 Å². The molecule has 70 valence electrons. The summed E-state index contributed by atoms with van der Waals surface area (Å²) < 4.78 is 0. The highest BCUT2D eigenvalue weighted by atomic mass is 16.3. The van der Waals surface area contributed by atoms with E-state index < -0.39 is 0 Å². The lowest BCUT2D eigenvalue weighted by molar-refractivity contribution is 0.514.